The molecule has 0 spiro atoms. The van der Waals surface area contributed by atoms with Crippen molar-refractivity contribution in [3.8, 4) is 0 Å². The predicted molar refractivity (Wildman–Crippen MR) is 84.8 cm³/mol. The van der Waals surface area contributed by atoms with E-state index in [1.807, 2.05) is 0 Å². The van der Waals surface area contributed by atoms with Gasteiger partial charge in [0.1, 0.15) is 0 Å². The molecule has 1 aliphatic heterocycles. The SMILES string of the molecule is CC(=O)c1sc(NCC2CCN(C)C2)c(C2CC2)c1N. The second kappa shape index (κ2) is 5.37. The number of nitrogens with two attached hydrogens (primary N) is 1. The third kappa shape index (κ3) is 2.69. The Balaban J connectivity index is 1.74. The summed E-state index contributed by atoms with van der Waals surface area (Å²) >= 11 is 1.55. The Morgan fingerprint density at radius 3 is 2.75 bits per heavy atom. The molecular formula is C15H23N3OS. The van der Waals surface area contributed by atoms with E-state index < -0.39 is 0 Å². The highest BCUT2D eigenvalue weighted by Gasteiger charge is 2.32. The average molecular weight is 293 g/mol. The van der Waals surface area contributed by atoms with Crippen molar-refractivity contribution in [2.24, 2.45) is 5.92 Å². The molecule has 0 aromatic carbocycles. The van der Waals surface area contributed by atoms with Crippen LogP contribution in [0.2, 0.25) is 0 Å². The van der Waals surface area contributed by atoms with E-state index in [-0.39, 0.29) is 5.78 Å². The number of nitrogen functional groups attached to an aromatic ring is 1. The maximum Gasteiger partial charge on any atom is 0.171 e. The fourth-order valence-electron chi connectivity index (χ4n) is 3.06. The van der Waals surface area contributed by atoms with Crippen LogP contribution in [0, 0.1) is 5.92 Å². The second-order valence-electron chi connectivity index (χ2n) is 6.22. The summed E-state index contributed by atoms with van der Waals surface area (Å²) in [4.78, 5) is 14.8. The molecular weight excluding hydrogens is 270 g/mol. The minimum atomic E-state index is 0.0862. The summed E-state index contributed by atoms with van der Waals surface area (Å²) in [6.07, 6.45) is 3.67. The summed E-state index contributed by atoms with van der Waals surface area (Å²) in [5, 5.41) is 4.72. The first kappa shape index (κ1) is 13.9. The molecule has 0 radical (unpaired) electrons. The van der Waals surface area contributed by atoms with Crippen molar-refractivity contribution in [1.82, 2.24) is 4.90 Å². The largest absolute Gasteiger partial charge is 0.397 e. The number of thiophene rings is 1. The van der Waals surface area contributed by atoms with Crippen LogP contribution in [0.4, 0.5) is 10.7 Å². The van der Waals surface area contributed by atoms with Gasteiger partial charge in [-0.25, -0.2) is 0 Å². The normalized spacial score (nSPS) is 23.2. The maximum atomic E-state index is 11.7. The van der Waals surface area contributed by atoms with Crippen LogP contribution >= 0.6 is 11.3 Å². The number of carbonyl (C=O) groups is 1. The maximum absolute atomic E-state index is 11.7. The summed E-state index contributed by atoms with van der Waals surface area (Å²) in [6, 6.07) is 0. The van der Waals surface area contributed by atoms with Gasteiger partial charge in [-0.3, -0.25) is 4.79 Å². The lowest BCUT2D eigenvalue weighted by molar-refractivity contribution is 0.102. The number of hydrogen-bond acceptors (Lipinski definition) is 5. The standard InChI is InChI=1S/C15H23N3OS/c1-9(19)14-13(16)12(11-3-4-11)15(20-14)17-7-10-5-6-18(2)8-10/h10-11,17H,3-8,16H2,1-2H3. The number of likely N-dealkylation sites (tertiary alicyclic amines) is 1. The van der Waals surface area contributed by atoms with Crippen LogP contribution in [0.5, 0.6) is 0 Å². The first-order chi connectivity index (χ1) is 9.56. The molecule has 1 atom stereocenters. The van der Waals surface area contributed by atoms with Crippen molar-refractivity contribution in [2.75, 3.05) is 37.7 Å². The second-order valence-corrected chi connectivity index (χ2v) is 7.24. The van der Waals surface area contributed by atoms with Crippen molar-refractivity contribution >= 4 is 27.8 Å². The van der Waals surface area contributed by atoms with Crippen molar-refractivity contribution < 1.29 is 4.79 Å². The van der Waals surface area contributed by atoms with Crippen LogP contribution in [0.25, 0.3) is 0 Å². The summed E-state index contributed by atoms with van der Waals surface area (Å²) in [7, 11) is 2.17. The van der Waals surface area contributed by atoms with Gasteiger partial charge < -0.3 is 16.0 Å². The smallest absolute Gasteiger partial charge is 0.171 e. The number of nitrogens with one attached hydrogen (secondary N) is 1. The number of nitrogens with zero attached hydrogens (tertiary/aromatic N) is 1. The number of hydrogen-bond donors (Lipinski definition) is 2. The van der Waals surface area contributed by atoms with Gasteiger partial charge in [0.05, 0.1) is 15.6 Å². The molecule has 110 valence electrons. The van der Waals surface area contributed by atoms with E-state index in [4.69, 9.17) is 5.73 Å². The van der Waals surface area contributed by atoms with Gasteiger partial charge >= 0.3 is 0 Å². The van der Waals surface area contributed by atoms with Crippen LogP contribution in [0.15, 0.2) is 0 Å². The monoisotopic (exact) mass is 293 g/mol. The van der Waals surface area contributed by atoms with Crippen molar-refractivity contribution in [1.29, 1.82) is 0 Å². The molecule has 1 saturated carbocycles. The molecule has 1 aliphatic carbocycles. The zero-order valence-electron chi connectivity index (χ0n) is 12.2. The molecule has 3 N–H and O–H groups in total. The molecule has 1 aromatic rings. The molecule has 1 aromatic heterocycles. The highest BCUT2D eigenvalue weighted by molar-refractivity contribution is 7.18. The predicted octanol–water partition coefficient (Wildman–Crippen LogP) is 2.77. The third-order valence-corrected chi connectivity index (χ3v) is 5.61. The molecule has 2 heterocycles. The van der Waals surface area contributed by atoms with Crippen LogP contribution in [-0.4, -0.2) is 37.4 Å². The molecule has 2 fully saturated rings. The molecule has 1 saturated heterocycles. The zero-order chi connectivity index (χ0) is 14.3. The van der Waals surface area contributed by atoms with Gasteiger partial charge in [0.25, 0.3) is 0 Å². The van der Waals surface area contributed by atoms with Crippen molar-refractivity contribution in [3.63, 3.8) is 0 Å². The number of Topliss-reactive ketones (excluding diaryl/α,β-unsaturated/α-hetero) is 1. The molecule has 2 aliphatic rings. The minimum Gasteiger partial charge on any atom is -0.397 e. The Morgan fingerprint density at radius 2 is 2.20 bits per heavy atom. The molecule has 0 amide bonds. The molecule has 4 nitrogen and oxygen atoms in total. The Kier molecular flexibility index (Phi) is 3.73. The Hall–Kier alpha value is -1.07. The van der Waals surface area contributed by atoms with E-state index in [2.05, 4.69) is 17.3 Å². The lowest BCUT2D eigenvalue weighted by atomic mass is 10.1. The first-order valence-corrected chi connectivity index (χ1v) is 8.23. The third-order valence-electron chi connectivity index (χ3n) is 4.33. The number of rotatable bonds is 5. The highest BCUT2D eigenvalue weighted by Crippen LogP contribution is 2.50. The van der Waals surface area contributed by atoms with Crippen molar-refractivity contribution in [2.45, 2.75) is 32.1 Å². The van der Waals surface area contributed by atoms with Crippen LogP contribution in [0.3, 0.4) is 0 Å². The molecule has 1 unspecified atom stereocenters. The van der Waals surface area contributed by atoms with Gasteiger partial charge in [0.15, 0.2) is 5.78 Å². The summed E-state index contributed by atoms with van der Waals surface area (Å²) in [6.45, 7) is 4.94. The number of anilines is 2. The highest BCUT2D eigenvalue weighted by atomic mass is 32.1. The number of carbonyl (C=O) groups excluding carboxylic acids is 1. The lowest BCUT2D eigenvalue weighted by Crippen LogP contribution is -2.19. The average Bonchev–Trinajstić information content (AvgIpc) is 3.05. The summed E-state index contributed by atoms with van der Waals surface area (Å²) in [5.41, 5.74) is 8.14. The van der Waals surface area contributed by atoms with Crippen LogP contribution in [-0.2, 0) is 0 Å². The molecule has 3 rings (SSSR count). The molecule has 0 bridgehead atoms. The van der Waals surface area contributed by atoms with E-state index >= 15 is 0 Å². The number of ketones is 1. The van der Waals surface area contributed by atoms with E-state index in [0.29, 0.717) is 11.8 Å². The van der Waals surface area contributed by atoms with Gasteiger partial charge in [-0.2, -0.15) is 0 Å². The van der Waals surface area contributed by atoms with Gasteiger partial charge in [0, 0.05) is 25.6 Å². The van der Waals surface area contributed by atoms with Crippen LogP contribution in [0.1, 0.15) is 47.3 Å². The molecule has 20 heavy (non-hydrogen) atoms. The van der Waals surface area contributed by atoms with Crippen LogP contribution < -0.4 is 11.1 Å². The molecule has 5 heteroatoms. The Labute approximate surface area is 124 Å². The fraction of sp³-hybridized carbons (Fsp3) is 0.667. The Bertz CT molecular complexity index is 521. The first-order valence-electron chi connectivity index (χ1n) is 7.41. The van der Waals surface area contributed by atoms with E-state index in [9.17, 15) is 4.79 Å². The van der Waals surface area contributed by atoms with Crippen molar-refractivity contribution in [3.05, 3.63) is 10.4 Å². The topological polar surface area (TPSA) is 58.4 Å². The zero-order valence-corrected chi connectivity index (χ0v) is 13.1. The summed E-state index contributed by atoms with van der Waals surface area (Å²) < 4.78 is 0. The van der Waals surface area contributed by atoms with Gasteiger partial charge in [-0.05, 0) is 44.7 Å². The van der Waals surface area contributed by atoms with E-state index in [1.54, 1.807) is 18.3 Å². The van der Waals surface area contributed by atoms with Gasteiger partial charge in [-0.1, -0.05) is 0 Å². The summed E-state index contributed by atoms with van der Waals surface area (Å²) in [5.74, 6) is 1.37. The minimum absolute atomic E-state index is 0.0862. The van der Waals surface area contributed by atoms with E-state index in [0.717, 1.165) is 28.7 Å². The van der Waals surface area contributed by atoms with Gasteiger partial charge in [-0.15, -0.1) is 11.3 Å². The van der Waals surface area contributed by atoms with E-state index in [1.165, 1.54) is 31.4 Å². The van der Waals surface area contributed by atoms with Gasteiger partial charge in [0.2, 0.25) is 0 Å². The lowest BCUT2D eigenvalue weighted by Gasteiger charge is -2.13. The Morgan fingerprint density at radius 1 is 1.45 bits per heavy atom. The quantitative estimate of drug-likeness (QED) is 0.820. The fourth-order valence-corrected chi connectivity index (χ4v) is 4.17.